The molecule has 4 atom stereocenters. The predicted molar refractivity (Wildman–Crippen MR) is 94.9 cm³/mol. The second-order valence-corrected chi connectivity index (χ2v) is 7.43. The molecule has 132 valence electrons. The van der Waals surface area contributed by atoms with Gasteiger partial charge in [-0.3, -0.25) is 4.79 Å². The molecule has 2 saturated carbocycles. The van der Waals surface area contributed by atoms with Crippen molar-refractivity contribution in [1.82, 2.24) is 5.32 Å². The Kier molecular flexibility index (Phi) is 4.02. The van der Waals surface area contributed by atoms with E-state index in [4.69, 9.17) is 9.15 Å². The van der Waals surface area contributed by atoms with Crippen LogP contribution in [0.4, 0.5) is 0 Å². The molecule has 0 spiro atoms. The summed E-state index contributed by atoms with van der Waals surface area (Å²) >= 11 is 0. The number of carbonyl (C=O) groups excluding carboxylic acids is 1. The molecule has 25 heavy (non-hydrogen) atoms. The number of benzene rings is 1. The molecule has 0 radical (unpaired) electrons. The van der Waals surface area contributed by atoms with Crippen molar-refractivity contribution in [2.75, 3.05) is 7.11 Å². The van der Waals surface area contributed by atoms with Crippen molar-refractivity contribution in [3.63, 3.8) is 0 Å². The van der Waals surface area contributed by atoms with Crippen LogP contribution in [0.3, 0.4) is 0 Å². The maximum atomic E-state index is 12.6. The van der Waals surface area contributed by atoms with Gasteiger partial charge in [0.05, 0.1) is 7.11 Å². The lowest BCUT2D eigenvalue weighted by Gasteiger charge is -2.28. The van der Waals surface area contributed by atoms with E-state index in [1.54, 1.807) is 24.3 Å². The lowest BCUT2D eigenvalue weighted by Crippen LogP contribution is -2.41. The maximum Gasteiger partial charge on any atom is 0.349 e. The molecule has 2 fully saturated rings. The van der Waals surface area contributed by atoms with Gasteiger partial charge in [-0.1, -0.05) is 18.6 Å². The Morgan fingerprint density at radius 2 is 2.16 bits per heavy atom. The van der Waals surface area contributed by atoms with Crippen molar-refractivity contribution in [3.8, 4) is 5.75 Å². The van der Waals surface area contributed by atoms with Crippen LogP contribution in [0.25, 0.3) is 11.0 Å². The van der Waals surface area contributed by atoms with E-state index in [1.165, 1.54) is 32.8 Å². The van der Waals surface area contributed by atoms with E-state index in [-0.39, 0.29) is 17.5 Å². The smallest absolute Gasteiger partial charge is 0.349 e. The second kappa shape index (κ2) is 6.21. The van der Waals surface area contributed by atoms with Gasteiger partial charge < -0.3 is 14.5 Å². The highest BCUT2D eigenvalue weighted by molar-refractivity contribution is 5.97. The Morgan fingerprint density at radius 1 is 1.32 bits per heavy atom. The highest BCUT2D eigenvalue weighted by Gasteiger charge is 2.42. The number of ether oxygens (including phenoxy) is 1. The number of amides is 1. The Labute approximate surface area is 146 Å². The molecule has 0 aliphatic heterocycles. The number of hydrogen-bond acceptors (Lipinski definition) is 4. The van der Waals surface area contributed by atoms with Crippen molar-refractivity contribution in [2.45, 2.75) is 38.6 Å². The fraction of sp³-hybridized carbons (Fsp3) is 0.500. The summed E-state index contributed by atoms with van der Waals surface area (Å²) < 4.78 is 10.6. The summed E-state index contributed by atoms with van der Waals surface area (Å²) in [5.41, 5.74) is -0.210. The van der Waals surface area contributed by atoms with Gasteiger partial charge >= 0.3 is 5.63 Å². The van der Waals surface area contributed by atoms with E-state index in [0.29, 0.717) is 22.6 Å². The third-order valence-electron chi connectivity index (χ3n) is 5.98. The zero-order valence-corrected chi connectivity index (χ0v) is 14.6. The van der Waals surface area contributed by atoms with Gasteiger partial charge in [-0.05, 0) is 56.1 Å². The summed E-state index contributed by atoms with van der Waals surface area (Å²) in [5, 5.41) is 3.70. The van der Waals surface area contributed by atoms with Crippen molar-refractivity contribution < 1.29 is 13.9 Å². The van der Waals surface area contributed by atoms with Crippen molar-refractivity contribution in [1.29, 1.82) is 0 Å². The summed E-state index contributed by atoms with van der Waals surface area (Å²) in [6.45, 7) is 2.05. The molecular weight excluding hydrogens is 318 g/mol. The Hall–Kier alpha value is -2.30. The molecule has 1 N–H and O–H groups in total. The summed E-state index contributed by atoms with van der Waals surface area (Å²) in [6.07, 6.45) is 5.09. The number of rotatable bonds is 4. The van der Waals surface area contributed by atoms with E-state index in [0.717, 1.165) is 11.8 Å². The zero-order chi connectivity index (χ0) is 17.6. The van der Waals surface area contributed by atoms with E-state index in [9.17, 15) is 9.59 Å². The second-order valence-electron chi connectivity index (χ2n) is 7.43. The summed E-state index contributed by atoms with van der Waals surface area (Å²) in [7, 11) is 1.52. The van der Waals surface area contributed by atoms with Gasteiger partial charge in [-0.15, -0.1) is 0 Å². The third kappa shape index (κ3) is 2.81. The monoisotopic (exact) mass is 341 g/mol. The number of methoxy groups -OCH3 is 1. The molecule has 5 nitrogen and oxygen atoms in total. The van der Waals surface area contributed by atoms with E-state index in [1.807, 2.05) is 0 Å². The molecule has 1 amide bonds. The minimum Gasteiger partial charge on any atom is -0.493 e. The van der Waals surface area contributed by atoms with Gasteiger partial charge in [0.2, 0.25) is 0 Å². The van der Waals surface area contributed by atoms with Crippen molar-refractivity contribution in [2.24, 2.45) is 17.8 Å². The molecule has 4 rings (SSSR count). The van der Waals surface area contributed by atoms with Gasteiger partial charge in [0.15, 0.2) is 11.3 Å². The first-order valence-electron chi connectivity index (χ1n) is 8.98. The molecule has 2 aliphatic rings. The number of fused-ring (bicyclic) bond motifs is 3. The zero-order valence-electron chi connectivity index (χ0n) is 14.6. The van der Waals surface area contributed by atoms with Crippen LogP contribution in [0.1, 0.15) is 43.0 Å². The molecule has 2 bridgehead atoms. The average Bonchev–Trinajstić information content (AvgIpc) is 3.23. The first-order chi connectivity index (χ1) is 12.1. The maximum absolute atomic E-state index is 12.6. The van der Waals surface area contributed by atoms with Crippen molar-refractivity contribution >= 4 is 16.9 Å². The van der Waals surface area contributed by atoms with Gasteiger partial charge in [-0.25, -0.2) is 4.79 Å². The van der Waals surface area contributed by atoms with Crippen molar-refractivity contribution in [3.05, 3.63) is 40.2 Å². The van der Waals surface area contributed by atoms with Crippen LogP contribution in [-0.2, 0) is 0 Å². The fourth-order valence-corrected chi connectivity index (χ4v) is 4.73. The first-order valence-corrected chi connectivity index (χ1v) is 8.98. The van der Waals surface area contributed by atoms with Crippen LogP contribution in [0.5, 0.6) is 5.75 Å². The van der Waals surface area contributed by atoms with Crippen LogP contribution in [-0.4, -0.2) is 19.1 Å². The largest absolute Gasteiger partial charge is 0.493 e. The number of para-hydroxylation sites is 1. The number of hydrogen-bond donors (Lipinski definition) is 1. The standard InChI is InChI=1S/C20H23NO4/c1-11(15-9-12-6-7-13(15)8-12)21-19(22)16-10-14-4-3-5-17(24-2)18(14)25-20(16)23/h3-5,10-13,15H,6-9H2,1-2H3,(H,21,22)/t11-,12+,13+,15+/m1/s1. The molecule has 0 unspecified atom stereocenters. The number of nitrogens with one attached hydrogen (secondary N) is 1. The fourth-order valence-electron chi connectivity index (χ4n) is 4.73. The van der Waals surface area contributed by atoms with Gasteiger partial charge in [0.1, 0.15) is 5.56 Å². The SMILES string of the molecule is COc1cccc2cc(C(=O)N[C@H](C)[C@@H]3C[C@H]4CC[C@H]3C4)c(=O)oc12. The molecule has 2 aromatic rings. The van der Waals surface area contributed by atoms with E-state index in [2.05, 4.69) is 12.2 Å². The van der Waals surface area contributed by atoms with E-state index >= 15 is 0 Å². The Morgan fingerprint density at radius 3 is 2.84 bits per heavy atom. The lowest BCUT2D eigenvalue weighted by atomic mass is 9.84. The van der Waals surface area contributed by atoms with Gasteiger partial charge in [0.25, 0.3) is 5.91 Å². The topological polar surface area (TPSA) is 68.5 Å². The molecule has 5 heteroatoms. The van der Waals surface area contributed by atoms with E-state index < -0.39 is 5.63 Å². The minimum atomic E-state index is -0.630. The molecule has 1 heterocycles. The third-order valence-corrected chi connectivity index (χ3v) is 5.98. The van der Waals surface area contributed by atoms with Gasteiger partial charge in [-0.2, -0.15) is 0 Å². The summed E-state index contributed by atoms with van der Waals surface area (Å²) in [5.74, 6) is 2.20. The van der Waals surface area contributed by atoms with Crippen LogP contribution in [0, 0.1) is 17.8 Å². The van der Waals surface area contributed by atoms with Crippen LogP contribution in [0.2, 0.25) is 0 Å². The van der Waals surface area contributed by atoms with Crippen LogP contribution >= 0.6 is 0 Å². The molecule has 1 aromatic carbocycles. The molecular formula is C20H23NO4. The quantitative estimate of drug-likeness (QED) is 0.866. The Balaban J connectivity index is 1.57. The number of carbonyl (C=O) groups is 1. The Bertz CT molecular complexity index is 872. The minimum absolute atomic E-state index is 0.0516. The highest BCUT2D eigenvalue weighted by atomic mass is 16.5. The van der Waals surface area contributed by atoms with Gasteiger partial charge in [0, 0.05) is 11.4 Å². The normalized spacial score (nSPS) is 25.9. The van der Waals surface area contributed by atoms with Crippen LogP contribution < -0.4 is 15.7 Å². The summed E-state index contributed by atoms with van der Waals surface area (Å²) in [4.78, 5) is 24.9. The molecule has 0 saturated heterocycles. The van der Waals surface area contributed by atoms with Crippen LogP contribution in [0.15, 0.2) is 33.5 Å². The highest BCUT2D eigenvalue weighted by Crippen LogP contribution is 2.49. The lowest BCUT2D eigenvalue weighted by molar-refractivity contribution is 0.0911. The first kappa shape index (κ1) is 16.2. The molecule has 2 aliphatic carbocycles. The average molecular weight is 341 g/mol. The summed E-state index contributed by atoms with van der Waals surface area (Å²) in [6, 6.07) is 7.00. The predicted octanol–water partition coefficient (Wildman–Crippen LogP) is 3.36. The molecule has 1 aromatic heterocycles.